The second kappa shape index (κ2) is 10.1. The molecule has 2 aromatic carbocycles. The van der Waals surface area contributed by atoms with E-state index in [0.29, 0.717) is 6.61 Å². The smallest absolute Gasteiger partial charge is 0.418 e. The number of alkyl halides is 3. The maximum Gasteiger partial charge on any atom is 0.418 e. The molecule has 1 N–H and O–H groups in total. The van der Waals surface area contributed by atoms with Crippen LogP contribution >= 0.6 is 11.8 Å². The monoisotopic (exact) mass is 439 g/mol. The van der Waals surface area contributed by atoms with Crippen LogP contribution in [-0.4, -0.2) is 27.3 Å². The zero-order valence-corrected chi connectivity index (χ0v) is 17.3. The van der Waals surface area contributed by atoms with E-state index in [9.17, 15) is 22.8 Å². The Morgan fingerprint density at radius 2 is 1.80 bits per heavy atom. The number of aromatic amines is 1. The summed E-state index contributed by atoms with van der Waals surface area (Å²) in [6.07, 6.45) is -4.57. The number of para-hydroxylation sites is 1. The van der Waals surface area contributed by atoms with Crippen molar-refractivity contribution in [3.63, 3.8) is 0 Å². The number of carbonyl (C=O) groups excluding carboxylic acids is 1. The van der Waals surface area contributed by atoms with Crippen LogP contribution in [0.1, 0.15) is 25.0 Å². The predicted octanol–water partition coefficient (Wildman–Crippen LogP) is 4.61. The van der Waals surface area contributed by atoms with Gasteiger partial charge in [0, 0.05) is 11.8 Å². The Morgan fingerprint density at radius 3 is 2.37 bits per heavy atom. The van der Waals surface area contributed by atoms with Gasteiger partial charge in [-0.1, -0.05) is 30.3 Å². The molecule has 0 spiro atoms. The normalized spacial score (nSPS) is 10.9. The number of ether oxygens (including phenoxy) is 1. The highest BCUT2D eigenvalue weighted by atomic mass is 32.2. The quantitative estimate of drug-likeness (QED) is 0.601. The van der Waals surface area contributed by atoms with E-state index in [0.717, 1.165) is 32.9 Å². The number of aryl methyl sites for hydroxylation is 1. The standard InChI is InChI=1S/C16H12F3N3OS.C4H8O2/c1-10-6-2-5-9-13(10)24-15-21-20-14(23)22(15)12-8-4-3-7-11(12)16(17,18)19;1-3-6-4(2)5/h2-9H,1H3,(H,20,23);3H2,1-2H3. The Hall–Kier alpha value is -3.01. The summed E-state index contributed by atoms with van der Waals surface area (Å²) in [4.78, 5) is 22.7. The van der Waals surface area contributed by atoms with E-state index in [4.69, 9.17) is 0 Å². The number of esters is 1. The summed E-state index contributed by atoms with van der Waals surface area (Å²) in [5.74, 6) is -0.211. The molecule has 0 aliphatic heterocycles. The molecule has 0 aliphatic rings. The zero-order chi connectivity index (χ0) is 22.3. The van der Waals surface area contributed by atoms with Crippen molar-refractivity contribution in [1.82, 2.24) is 14.8 Å². The first-order valence-electron chi connectivity index (χ1n) is 8.86. The van der Waals surface area contributed by atoms with E-state index in [-0.39, 0.29) is 16.8 Å². The van der Waals surface area contributed by atoms with Crippen LogP contribution in [0.5, 0.6) is 0 Å². The maximum absolute atomic E-state index is 13.2. The third-order valence-electron chi connectivity index (χ3n) is 3.73. The third kappa shape index (κ3) is 5.99. The Kier molecular flexibility index (Phi) is 7.87. The van der Waals surface area contributed by atoms with Crippen molar-refractivity contribution in [3.8, 4) is 5.69 Å². The summed E-state index contributed by atoms with van der Waals surface area (Å²) in [7, 11) is 0. The minimum absolute atomic E-state index is 0.144. The molecule has 0 saturated carbocycles. The van der Waals surface area contributed by atoms with Crippen LogP contribution in [0.15, 0.2) is 63.4 Å². The van der Waals surface area contributed by atoms with Crippen molar-refractivity contribution >= 4 is 17.7 Å². The molecule has 3 rings (SSSR count). The summed E-state index contributed by atoms with van der Waals surface area (Å²) < 4.78 is 45.1. The number of H-pyrrole nitrogens is 1. The number of halogens is 3. The molecule has 0 aliphatic carbocycles. The Morgan fingerprint density at radius 1 is 1.17 bits per heavy atom. The van der Waals surface area contributed by atoms with Gasteiger partial charge in [0.05, 0.1) is 17.9 Å². The summed E-state index contributed by atoms with van der Waals surface area (Å²) >= 11 is 1.13. The van der Waals surface area contributed by atoms with Gasteiger partial charge in [-0.05, 0) is 49.4 Å². The molecule has 0 fully saturated rings. The number of carbonyl (C=O) groups is 1. The molecule has 30 heavy (non-hydrogen) atoms. The van der Waals surface area contributed by atoms with Crippen molar-refractivity contribution in [3.05, 3.63) is 70.1 Å². The average Bonchev–Trinajstić information content (AvgIpc) is 3.03. The fourth-order valence-corrected chi connectivity index (χ4v) is 3.38. The van der Waals surface area contributed by atoms with Crippen LogP contribution < -0.4 is 5.69 Å². The van der Waals surface area contributed by atoms with E-state index in [2.05, 4.69) is 14.9 Å². The molecule has 160 valence electrons. The zero-order valence-electron chi connectivity index (χ0n) is 16.5. The minimum atomic E-state index is -4.57. The van der Waals surface area contributed by atoms with Crippen LogP contribution in [0.2, 0.25) is 0 Å². The lowest BCUT2D eigenvalue weighted by Gasteiger charge is -2.14. The van der Waals surface area contributed by atoms with E-state index in [1.54, 1.807) is 6.92 Å². The SMILES string of the molecule is CCOC(C)=O.Cc1ccccc1Sc1n[nH]c(=O)n1-c1ccccc1C(F)(F)F. The number of aromatic nitrogens is 3. The number of nitrogens with one attached hydrogen (secondary N) is 1. The Labute approximate surface area is 175 Å². The molecular weight excluding hydrogens is 419 g/mol. The van der Waals surface area contributed by atoms with E-state index < -0.39 is 17.4 Å². The second-order valence-electron chi connectivity index (χ2n) is 5.95. The van der Waals surface area contributed by atoms with Gasteiger partial charge in [0.2, 0.25) is 5.16 Å². The molecule has 0 bridgehead atoms. The van der Waals surface area contributed by atoms with E-state index >= 15 is 0 Å². The van der Waals surface area contributed by atoms with Crippen molar-refractivity contribution < 1.29 is 22.7 Å². The van der Waals surface area contributed by atoms with Gasteiger partial charge in [-0.2, -0.15) is 13.2 Å². The fourth-order valence-electron chi connectivity index (χ4n) is 2.44. The number of hydrogen-bond acceptors (Lipinski definition) is 5. The molecule has 1 heterocycles. The first kappa shape index (κ1) is 23.3. The number of rotatable bonds is 4. The first-order chi connectivity index (χ1) is 14.1. The van der Waals surface area contributed by atoms with Gasteiger partial charge < -0.3 is 4.74 Å². The van der Waals surface area contributed by atoms with Crippen LogP contribution in [-0.2, 0) is 15.7 Å². The second-order valence-corrected chi connectivity index (χ2v) is 6.96. The van der Waals surface area contributed by atoms with Crippen LogP contribution in [0.3, 0.4) is 0 Å². The molecule has 0 atom stereocenters. The topological polar surface area (TPSA) is 77.0 Å². The van der Waals surface area contributed by atoms with Crippen molar-refractivity contribution in [2.24, 2.45) is 0 Å². The van der Waals surface area contributed by atoms with Crippen LogP contribution in [0.4, 0.5) is 13.2 Å². The summed E-state index contributed by atoms with van der Waals surface area (Å²) in [5.41, 5.74) is -0.920. The molecule has 0 amide bonds. The van der Waals surface area contributed by atoms with Gasteiger partial charge in [-0.3, -0.25) is 4.79 Å². The lowest BCUT2D eigenvalue weighted by Crippen LogP contribution is -2.20. The van der Waals surface area contributed by atoms with Gasteiger partial charge in [-0.25, -0.2) is 14.5 Å². The number of hydrogen-bond donors (Lipinski definition) is 1. The first-order valence-corrected chi connectivity index (χ1v) is 9.67. The molecule has 0 saturated heterocycles. The molecule has 6 nitrogen and oxygen atoms in total. The van der Waals surface area contributed by atoms with Gasteiger partial charge in [-0.15, -0.1) is 5.10 Å². The lowest BCUT2D eigenvalue weighted by atomic mass is 10.1. The largest absolute Gasteiger partial charge is 0.466 e. The maximum atomic E-state index is 13.2. The Bertz CT molecular complexity index is 1060. The molecule has 1 aromatic heterocycles. The van der Waals surface area contributed by atoms with Gasteiger partial charge >= 0.3 is 17.8 Å². The summed E-state index contributed by atoms with van der Waals surface area (Å²) in [6, 6.07) is 12.3. The molecular formula is C20H20F3N3O3S. The van der Waals surface area contributed by atoms with Crippen molar-refractivity contribution in [2.75, 3.05) is 6.61 Å². The van der Waals surface area contributed by atoms with Crippen molar-refractivity contribution in [2.45, 2.75) is 37.0 Å². The lowest BCUT2D eigenvalue weighted by molar-refractivity contribution is -0.140. The number of benzene rings is 2. The molecule has 3 aromatic rings. The number of nitrogens with zero attached hydrogens (tertiary/aromatic N) is 2. The van der Waals surface area contributed by atoms with Crippen LogP contribution in [0, 0.1) is 6.92 Å². The fraction of sp³-hybridized carbons (Fsp3) is 0.250. The minimum Gasteiger partial charge on any atom is -0.466 e. The highest BCUT2D eigenvalue weighted by Crippen LogP contribution is 2.35. The third-order valence-corrected chi connectivity index (χ3v) is 4.87. The summed E-state index contributed by atoms with van der Waals surface area (Å²) in [5, 5.41) is 6.24. The van der Waals surface area contributed by atoms with E-state index in [1.165, 1.54) is 25.1 Å². The van der Waals surface area contributed by atoms with E-state index in [1.807, 2.05) is 31.2 Å². The van der Waals surface area contributed by atoms with Gasteiger partial charge in [0.15, 0.2) is 0 Å². The average molecular weight is 439 g/mol. The van der Waals surface area contributed by atoms with Gasteiger partial charge in [0.1, 0.15) is 0 Å². The predicted molar refractivity (Wildman–Crippen MR) is 107 cm³/mol. The summed E-state index contributed by atoms with van der Waals surface area (Å²) in [6.45, 7) is 5.53. The molecule has 0 unspecified atom stereocenters. The molecule has 10 heteroatoms. The highest BCUT2D eigenvalue weighted by Gasteiger charge is 2.34. The molecule has 0 radical (unpaired) electrons. The van der Waals surface area contributed by atoms with Gasteiger partial charge in [0.25, 0.3) is 0 Å². The highest BCUT2D eigenvalue weighted by molar-refractivity contribution is 7.99. The van der Waals surface area contributed by atoms with Crippen LogP contribution in [0.25, 0.3) is 5.69 Å². The Balaban J connectivity index is 0.000000469. The van der Waals surface area contributed by atoms with Crippen molar-refractivity contribution in [1.29, 1.82) is 0 Å².